The summed E-state index contributed by atoms with van der Waals surface area (Å²) in [6.07, 6.45) is 1.08. The Bertz CT molecular complexity index is 590. The number of benzene rings is 1. The SMILES string of the molecule is CC(C)(C)NC(=O)C1(C(=O)Nc2cccc(Cl)c2Cl)CC1. The summed E-state index contributed by atoms with van der Waals surface area (Å²) < 4.78 is 0. The fourth-order valence-electron chi connectivity index (χ4n) is 1.98. The molecule has 0 aromatic heterocycles. The lowest BCUT2D eigenvalue weighted by Crippen LogP contribution is -2.48. The van der Waals surface area contributed by atoms with Gasteiger partial charge in [0.1, 0.15) is 5.41 Å². The van der Waals surface area contributed by atoms with Crippen LogP contribution in [0.3, 0.4) is 0 Å². The van der Waals surface area contributed by atoms with Crippen LogP contribution < -0.4 is 10.6 Å². The van der Waals surface area contributed by atoms with E-state index in [9.17, 15) is 9.59 Å². The third-order valence-electron chi connectivity index (χ3n) is 3.31. The summed E-state index contributed by atoms with van der Waals surface area (Å²) in [7, 11) is 0. The maximum Gasteiger partial charge on any atom is 0.240 e. The monoisotopic (exact) mass is 328 g/mol. The largest absolute Gasteiger partial charge is 0.351 e. The molecule has 0 heterocycles. The predicted octanol–water partition coefficient (Wildman–Crippen LogP) is 3.63. The van der Waals surface area contributed by atoms with Crippen LogP contribution in [0.2, 0.25) is 10.0 Å². The van der Waals surface area contributed by atoms with Gasteiger partial charge < -0.3 is 10.6 Å². The Balaban J connectivity index is 2.13. The Labute approximate surface area is 134 Å². The van der Waals surface area contributed by atoms with Gasteiger partial charge in [-0.05, 0) is 45.7 Å². The van der Waals surface area contributed by atoms with E-state index < -0.39 is 5.41 Å². The minimum Gasteiger partial charge on any atom is -0.351 e. The molecule has 0 atom stereocenters. The van der Waals surface area contributed by atoms with Gasteiger partial charge in [-0.15, -0.1) is 0 Å². The number of carbonyl (C=O) groups is 2. The van der Waals surface area contributed by atoms with Crippen LogP contribution in [-0.2, 0) is 9.59 Å². The van der Waals surface area contributed by atoms with Crippen LogP contribution in [0.5, 0.6) is 0 Å². The normalized spacial score (nSPS) is 16.2. The van der Waals surface area contributed by atoms with Gasteiger partial charge in [-0.2, -0.15) is 0 Å². The zero-order valence-corrected chi connectivity index (χ0v) is 13.7. The summed E-state index contributed by atoms with van der Waals surface area (Å²) in [5.41, 5.74) is -0.941. The van der Waals surface area contributed by atoms with Gasteiger partial charge in [0.25, 0.3) is 0 Å². The molecule has 0 bridgehead atoms. The van der Waals surface area contributed by atoms with Crippen molar-refractivity contribution in [1.29, 1.82) is 0 Å². The second-order valence-corrected chi connectivity index (χ2v) is 7.13. The molecular formula is C15H18Cl2N2O2. The Kier molecular flexibility index (Phi) is 4.22. The van der Waals surface area contributed by atoms with Crippen molar-refractivity contribution >= 4 is 40.7 Å². The molecule has 1 saturated carbocycles. The number of anilines is 1. The van der Waals surface area contributed by atoms with Crippen molar-refractivity contribution in [3.8, 4) is 0 Å². The predicted molar refractivity (Wildman–Crippen MR) is 84.7 cm³/mol. The van der Waals surface area contributed by atoms with Crippen LogP contribution >= 0.6 is 23.2 Å². The average Bonchev–Trinajstić information content (AvgIpc) is 3.14. The van der Waals surface area contributed by atoms with Gasteiger partial charge in [0.05, 0.1) is 15.7 Å². The molecule has 0 saturated heterocycles. The lowest BCUT2D eigenvalue weighted by Gasteiger charge is -2.24. The molecule has 0 radical (unpaired) electrons. The summed E-state index contributed by atoms with van der Waals surface area (Å²) in [5.74, 6) is -0.584. The van der Waals surface area contributed by atoms with Crippen molar-refractivity contribution in [3.63, 3.8) is 0 Å². The number of hydrogen-bond acceptors (Lipinski definition) is 2. The zero-order valence-electron chi connectivity index (χ0n) is 12.2. The number of rotatable bonds is 3. The number of nitrogens with one attached hydrogen (secondary N) is 2. The molecule has 21 heavy (non-hydrogen) atoms. The maximum atomic E-state index is 12.4. The van der Waals surface area contributed by atoms with Gasteiger partial charge >= 0.3 is 0 Å². The number of carbonyl (C=O) groups excluding carboxylic acids is 2. The Morgan fingerprint density at radius 3 is 2.29 bits per heavy atom. The van der Waals surface area contributed by atoms with Gasteiger partial charge in [-0.3, -0.25) is 9.59 Å². The molecule has 0 spiro atoms. The second kappa shape index (κ2) is 5.50. The second-order valence-electron chi connectivity index (χ2n) is 6.34. The highest BCUT2D eigenvalue weighted by molar-refractivity contribution is 6.44. The van der Waals surface area contributed by atoms with E-state index in [1.165, 1.54) is 0 Å². The Morgan fingerprint density at radius 2 is 1.76 bits per heavy atom. The molecule has 0 aliphatic heterocycles. The van der Waals surface area contributed by atoms with Crippen LogP contribution in [0, 0.1) is 5.41 Å². The Morgan fingerprint density at radius 1 is 1.14 bits per heavy atom. The van der Waals surface area contributed by atoms with E-state index in [1.54, 1.807) is 18.2 Å². The van der Waals surface area contributed by atoms with E-state index in [0.717, 1.165) is 0 Å². The van der Waals surface area contributed by atoms with Crippen LogP contribution in [0.25, 0.3) is 0 Å². The molecule has 1 aliphatic carbocycles. The summed E-state index contributed by atoms with van der Waals surface area (Å²) in [6, 6.07) is 4.99. The van der Waals surface area contributed by atoms with E-state index in [1.807, 2.05) is 20.8 Å². The number of halogens is 2. The molecule has 6 heteroatoms. The highest BCUT2D eigenvalue weighted by atomic mass is 35.5. The van der Waals surface area contributed by atoms with Crippen LogP contribution in [-0.4, -0.2) is 17.4 Å². The highest BCUT2D eigenvalue weighted by Gasteiger charge is 2.57. The highest BCUT2D eigenvalue weighted by Crippen LogP contribution is 2.47. The molecule has 1 aromatic rings. The van der Waals surface area contributed by atoms with E-state index in [4.69, 9.17) is 23.2 Å². The third-order valence-corrected chi connectivity index (χ3v) is 4.13. The van der Waals surface area contributed by atoms with Crippen LogP contribution in [0.4, 0.5) is 5.69 Å². The minimum atomic E-state index is -0.987. The quantitative estimate of drug-likeness (QED) is 0.832. The van der Waals surface area contributed by atoms with Crippen molar-refractivity contribution in [2.24, 2.45) is 5.41 Å². The summed E-state index contributed by atoms with van der Waals surface area (Å²) in [6.45, 7) is 5.65. The Hall–Kier alpha value is -1.26. The van der Waals surface area contributed by atoms with Crippen molar-refractivity contribution < 1.29 is 9.59 Å². The fraction of sp³-hybridized carbons (Fsp3) is 0.467. The van der Waals surface area contributed by atoms with E-state index in [0.29, 0.717) is 23.6 Å². The van der Waals surface area contributed by atoms with Gasteiger partial charge in [0, 0.05) is 5.54 Å². The molecule has 1 fully saturated rings. The lowest BCUT2D eigenvalue weighted by atomic mass is 10.0. The van der Waals surface area contributed by atoms with E-state index >= 15 is 0 Å². The van der Waals surface area contributed by atoms with Gasteiger partial charge in [-0.25, -0.2) is 0 Å². The minimum absolute atomic E-state index is 0.245. The van der Waals surface area contributed by atoms with Crippen LogP contribution in [0.15, 0.2) is 18.2 Å². The maximum absolute atomic E-state index is 12.4. The van der Waals surface area contributed by atoms with Gasteiger partial charge in [0.15, 0.2) is 0 Å². The molecule has 4 nitrogen and oxygen atoms in total. The lowest BCUT2D eigenvalue weighted by molar-refractivity contribution is -0.135. The molecule has 1 aliphatic rings. The first-order valence-corrected chi connectivity index (χ1v) is 7.49. The first kappa shape index (κ1) is 16.1. The van der Waals surface area contributed by atoms with Gasteiger partial charge in [0.2, 0.25) is 11.8 Å². The first-order chi connectivity index (χ1) is 9.66. The van der Waals surface area contributed by atoms with Crippen LogP contribution in [0.1, 0.15) is 33.6 Å². The summed E-state index contributed by atoms with van der Waals surface area (Å²) >= 11 is 12.0. The summed E-state index contributed by atoms with van der Waals surface area (Å²) in [4.78, 5) is 24.7. The smallest absolute Gasteiger partial charge is 0.240 e. The molecule has 1 aromatic carbocycles. The van der Waals surface area contributed by atoms with E-state index in [2.05, 4.69) is 10.6 Å². The van der Waals surface area contributed by atoms with Crippen molar-refractivity contribution in [2.45, 2.75) is 39.2 Å². The fourth-order valence-corrected chi connectivity index (χ4v) is 2.33. The number of hydrogen-bond donors (Lipinski definition) is 2. The van der Waals surface area contributed by atoms with Gasteiger partial charge in [-0.1, -0.05) is 29.3 Å². The first-order valence-electron chi connectivity index (χ1n) is 6.74. The van der Waals surface area contributed by atoms with E-state index in [-0.39, 0.29) is 22.4 Å². The topological polar surface area (TPSA) is 58.2 Å². The molecule has 0 unspecified atom stereocenters. The molecule has 114 valence electrons. The molecule has 2 N–H and O–H groups in total. The van der Waals surface area contributed by atoms with Crippen molar-refractivity contribution in [2.75, 3.05) is 5.32 Å². The third kappa shape index (κ3) is 3.50. The van der Waals surface area contributed by atoms with Crippen molar-refractivity contribution in [3.05, 3.63) is 28.2 Å². The molecule has 2 rings (SSSR count). The molecule has 2 amide bonds. The average molecular weight is 329 g/mol. The number of amides is 2. The summed E-state index contributed by atoms with van der Waals surface area (Å²) in [5, 5.41) is 6.20. The standard InChI is InChI=1S/C15H18Cl2N2O2/c1-14(2,3)19-13(21)15(7-8-15)12(20)18-10-6-4-5-9(16)11(10)17/h4-6H,7-8H2,1-3H3,(H,18,20)(H,19,21). The zero-order chi connectivity index (χ0) is 15.8. The molecular weight excluding hydrogens is 311 g/mol. The van der Waals surface area contributed by atoms with Crippen molar-refractivity contribution in [1.82, 2.24) is 5.32 Å².